The summed E-state index contributed by atoms with van der Waals surface area (Å²) in [5.74, 6) is -0.828. The molecule has 0 radical (unpaired) electrons. The number of aromatic nitrogens is 3. The largest absolute Gasteiger partial charge is 0.480 e. The van der Waals surface area contributed by atoms with E-state index in [4.69, 9.17) is 10.2 Å². The van der Waals surface area contributed by atoms with Gasteiger partial charge in [0.25, 0.3) is 5.91 Å². The quantitative estimate of drug-likeness (QED) is 0.543. The first-order valence-corrected chi connectivity index (χ1v) is 7.06. The zero-order chi connectivity index (χ0) is 14.3. The molecule has 1 unspecified atom stereocenters. The highest BCUT2D eigenvalue weighted by atomic mass is 32.2. The van der Waals surface area contributed by atoms with E-state index in [0.29, 0.717) is 23.6 Å². The van der Waals surface area contributed by atoms with Crippen molar-refractivity contribution in [3.63, 3.8) is 0 Å². The molecule has 2 fully saturated rings. The Kier molecular flexibility index (Phi) is 3.22. The van der Waals surface area contributed by atoms with Crippen molar-refractivity contribution < 1.29 is 19.8 Å². The summed E-state index contributed by atoms with van der Waals surface area (Å²) >= 11 is 1.44. The third-order valence-electron chi connectivity index (χ3n) is 3.22. The first-order valence-electron chi connectivity index (χ1n) is 6.01. The van der Waals surface area contributed by atoms with E-state index in [0.717, 1.165) is 0 Å². The van der Waals surface area contributed by atoms with Gasteiger partial charge in [-0.15, -0.1) is 16.9 Å². The minimum atomic E-state index is -0.971. The summed E-state index contributed by atoms with van der Waals surface area (Å²) in [5.41, 5.74) is 1.08. The third kappa shape index (κ3) is 1.98. The van der Waals surface area contributed by atoms with Crippen LogP contribution in [0.3, 0.4) is 0 Å². The molecule has 2 N–H and O–H groups in total. The van der Waals surface area contributed by atoms with Gasteiger partial charge in [-0.2, -0.15) is 0 Å². The first kappa shape index (κ1) is 13.1. The average molecular weight is 296 g/mol. The normalized spacial score (nSPS) is 26.8. The fourth-order valence-electron chi connectivity index (χ4n) is 2.26. The summed E-state index contributed by atoms with van der Waals surface area (Å²) in [4.78, 5) is 24.4. The monoisotopic (exact) mass is 296 g/mol. The lowest BCUT2D eigenvalue weighted by atomic mass is 10.0. The number of thioether (sulfide) groups is 1. The number of hydrogen-bond donors (Lipinski definition) is 2. The number of rotatable bonds is 4. The van der Waals surface area contributed by atoms with Crippen LogP contribution in [0.25, 0.3) is 6.08 Å². The number of carboxylic acids is 1. The SMILES string of the molecule is O=C(O)C1CS[C@@H]2C(=Cc3cn(CCO)nn3)C(=O)N12. The van der Waals surface area contributed by atoms with Crippen molar-refractivity contribution in [3.05, 3.63) is 17.5 Å². The van der Waals surface area contributed by atoms with Crippen molar-refractivity contribution in [1.29, 1.82) is 0 Å². The van der Waals surface area contributed by atoms with Crippen molar-refractivity contribution in [2.24, 2.45) is 0 Å². The Morgan fingerprint density at radius 2 is 2.40 bits per heavy atom. The second-order valence-corrected chi connectivity index (χ2v) is 5.60. The van der Waals surface area contributed by atoms with E-state index in [-0.39, 0.29) is 17.9 Å². The van der Waals surface area contributed by atoms with Crippen LogP contribution in [-0.2, 0) is 16.1 Å². The van der Waals surface area contributed by atoms with Gasteiger partial charge in [0, 0.05) is 5.75 Å². The van der Waals surface area contributed by atoms with Crippen molar-refractivity contribution in [2.75, 3.05) is 12.4 Å². The van der Waals surface area contributed by atoms with Crippen molar-refractivity contribution >= 4 is 29.7 Å². The van der Waals surface area contributed by atoms with Crippen LogP contribution in [0.15, 0.2) is 11.8 Å². The first-order chi connectivity index (χ1) is 9.61. The summed E-state index contributed by atoms with van der Waals surface area (Å²) in [6.45, 7) is 0.306. The number of nitrogens with zero attached hydrogens (tertiary/aromatic N) is 4. The molecule has 1 aromatic heterocycles. The molecule has 0 bridgehead atoms. The van der Waals surface area contributed by atoms with Crippen LogP contribution in [0.2, 0.25) is 0 Å². The average Bonchev–Trinajstić information content (AvgIpc) is 3.00. The maximum absolute atomic E-state index is 12.0. The van der Waals surface area contributed by atoms with Crippen molar-refractivity contribution in [3.8, 4) is 0 Å². The zero-order valence-electron chi connectivity index (χ0n) is 10.3. The molecule has 2 aliphatic rings. The van der Waals surface area contributed by atoms with Crippen LogP contribution in [0.4, 0.5) is 0 Å². The van der Waals surface area contributed by atoms with Gasteiger partial charge in [0.05, 0.1) is 24.9 Å². The molecule has 9 heteroatoms. The van der Waals surface area contributed by atoms with Gasteiger partial charge in [0.1, 0.15) is 17.1 Å². The Labute approximate surface area is 118 Å². The lowest BCUT2D eigenvalue weighted by Crippen LogP contribution is -2.56. The highest BCUT2D eigenvalue weighted by Gasteiger charge is 2.53. The number of carbonyl (C=O) groups excluding carboxylic acids is 1. The molecule has 3 heterocycles. The molecule has 2 aliphatic heterocycles. The molecule has 20 heavy (non-hydrogen) atoms. The number of carbonyl (C=O) groups is 2. The maximum atomic E-state index is 12.0. The van der Waals surface area contributed by atoms with Crippen molar-refractivity contribution in [1.82, 2.24) is 19.9 Å². The second-order valence-electron chi connectivity index (χ2n) is 4.48. The number of β-lactam (4-membered cyclic amide) rings is 1. The van der Waals surface area contributed by atoms with E-state index < -0.39 is 12.0 Å². The van der Waals surface area contributed by atoms with Crippen LogP contribution in [0.1, 0.15) is 5.69 Å². The lowest BCUT2D eigenvalue weighted by Gasteiger charge is -2.38. The number of fused-ring (bicyclic) bond motifs is 1. The van der Waals surface area contributed by atoms with E-state index in [1.165, 1.54) is 21.3 Å². The highest BCUT2D eigenvalue weighted by Crippen LogP contribution is 2.43. The molecular formula is C11H12N4O4S. The molecule has 0 aliphatic carbocycles. The summed E-state index contributed by atoms with van der Waals surface area (Å²) in [6.07, 6.45) is 3.26. The van der Waals surface area contributed by atoms with E-state index in [9.17, 15) is 9.59 Å². The Hall–Kier alpha value is -1.87. The molecule has 106 valence electrons. The molecule has 8 nitrogen and oxygen atoms in total. The molecule has 2 saturated heterocycles. The number of aliphatic hydroxyl groups excluding tert-OH is 1. The summed E-state index contributed by atoms with van der Waals surface area (Å²) in [7, 11) is 0. The molecular weight excluding hydrogens is 284 g/mol. The summed E-state index contributed by atoms with van der Waals surface area (Å²) in [6, 6.07) is -0.736. The summed E-state index contributed by atoms with van der Waals surface area (Å²) < 4.78 is 1.48. The van der Waals surface area contributed by atoms with E-state index >= 15 is 0 Å². The Morgan fingerprint density at radius 1 is 1.60 bits per heavy atom. The molecule has 3 rings (SSSR count). The predicted octanol–water partition coefficient (Wildman–Crippen LogP) is -0.978. The lowest BCUT2D eigenvalue weighted by molar-refractivity contribution is -0.150. The van der Waals surface area contributed by atoms with E-state index in [1.54, 1.807) is 12.3 Å². The maximum Gasteiger partial charge on any atom is 0.327 e. The molecule has 0 spiro atoms. The highest BCUT2D eigenvalue weighted by molar-refractivity contribution is 8.00. The van der Waals surface area contributed by atoms with Gasteiger partial charge >= 0.3 is 5.97 Å². The smallest absolute Gasteiger partial charge is 0.327 e. The van der Waals surface area contributed by atoms with Crippen LogP contribution in [-0.4, -0.2) is 65.8 Å². The number of carboxylic acid groups (broad SMARTS) is 1. The molecule has 0 saturated carbocycles. The number of amides is 1. The second kappa shape index (κ2) is 4.91. The van der Waals surface area contributed by atoms with Crippen LogP contribution in [0, 0.1) is 0 Å². The van der Waals surface area contributed by atoms with Gasteiger partial charge < -0.3 is 15.1 Å². The van der Waals surface area contributed by atoms with Gasteiger partial charge in [0.15, 0.2) is 0 Å². The number of hydrogen-bond acceptors (Lipinski definition) is 6. The fourth-order valence-corrected chi connectivity index (χ4v) is 3.68. The summed E-state index contributed by atoms with van der Waals surface area (Å²) in [5, 5.41) is 25.3. The fraction of sp³-hybridized carbons (Fsp3) is 0.455. The van der Waals surface area contributed by atoms with Crippen LogP contribution < -0.4 is 0 Å². The number of aliphatic carboxylic acids is 1. The van der Waals surface area contributed by atoms with Gasteiger partial charge in [-0.3, -0.25) is 4.79 Å². The minimum Gasteiger partial charge on any atom is -0.480 e. The molecule has 0 aromatic carbocycles. The van der Waals surface area contributed by atoms with Gasteiger partial charge in [-0.1, -0.05) is 5.21 Å². The van der Waals surface area contributed by atoms with Gasteiger partial charge in [0.2, 0.25) is 0 Å². The zero-order valence-corrected chi connectivity index (χ0v) is 11.2. The molecule has 1 amide bonds. The van der Waals surface area contributed by atoms with Crippen LogP contribution in [0.5, 0.6) is 0 Å². The standard InChI is InChI=1S/C11H12N4O4S/c16-2-1-14-4-6(12-13-14)3-7-9(17)15-8(11(18)19)5-20-10(7)15/h3-4,8,10,16H,1-2,5H2,(H,18,19)/t8?,10-/m1/s1. The van der Waals surface area contributed by atoms with Crippen LogP contribution >= 0.6 is 11.8 Å². The number of aliphatic hydroxyl groups is 1. The Morgan fingerprint density at radius 3 is 3.10 bits per heavy atom. The predicted molar refractivity (Wildman–Crippen MR) is 69.6 cm³/mol. The van der Waals surface area contributed by atoms with Gasteiger partial charge in [-0.05, 0) is 6.08 Å². The van der Waals surface area contributed by atoms with Crippen molar-refractivity contribution in [2.45, 2.75) is 18.0 Å². The minimum absolute atomic E-state index is 0.0369. The van der Waals surface area contributed by atoms with Gasteiger partial charge in [-0.25, -0.2) is 9.48 Å². The molecule has 2 atom stereocenters. The molecule has 1 aromatic rings. The Balaban J connectivity index is 1.77. The topological polar surface area (TPSA) is 109 Å². The van der Waals surface area contributed by atoms with E-state index in [1.807, 2.05) is 0 Å². The third-order valence-corrected chi connectivity index (χ3v) is 4.53. The van der Waals surface area contributed by atoms with E-state index in [2.05, 4.69) is 10.3 Å². The Bertz CT molecular complexity index is 599.